The molecule has 0 saturated carbocycles. The van der Waals surface area contributed by atoms with Crippen LogP contribution in [0.5, 0.6) is 5.75 Å². The molecule has 0 radical (unpaired) electrons. The van der Waals surface area contributed by atoms with Crippen molar-refractivity contribution in [1.29, 1.82) is 0 Å². The molecule has 0 fully saturated rings. The number of rotatable bonds is 7. The van der Waals surface area contributed by atoms with Gasteiger partial charge in [-0.15, -0.1) is 5.10 Å². The van der Waals surface area contributed by atoms with E-state index in [4.69, 9.17) is 9.84 Å². The second kappa shape index (κ2) is 7.05. The van der Waals surface area contributed by atoms with E-state index in [0.717, 1.165) is 29.8 Å². The SMILES string of the molecule is Cc1ccc(C)c(OCCn2cc(CCCO)nn2)c1. The molecular formula is C15H21N3O2. The minimum Gasteiger partial charge on any atom is -0.491 e. The number of aryl methyl sites for hydroxylation is 3. The van der Waals surface area contributed by atoms with Crippen LogP contribution in [0.4, 0.5) is 0 Å². The van der Waals surface area contributed by atoms with Crippen molar-refractivity contribution in [3.8, 4) is 5.75 Å². The first-order chi connectivity index (χ1) is 9.69. The standard InChI is InChI=1S/C15H21N3O2/c1-12-5-6-13(2)15(10-12)20-9-7-18-11-14(16-17-18)4-3-8-19/h5-6,10-11,19H,3-4,7-9H2,1-2H3. The van der Waals surface area contributed by atoms with Crippen molar-refractivity contribution >= 4 is 0 Å². The molecule has 1 heterocycles. The van der Waals surface area contributed by atoms with Gasteiger partial charge in [0.05, 0.1) is 12.2 Å². The molecule has 0 aliphatic heterocycles. The third-order valence-electron chi connectivity index (χ3n) is 3.10. The summed E-state index contributed by atoms with van der Waals surface area (Å²) in [6.45, 7) is 5.50. The van der Waals surface area contributed by atoms with Crippen LogP contribution < -0.4 is 4.74 Å². The van der Waals surface area contributed by atoms with Crippen LogP contribution in [-0.2, 0) is 13.0 Å². The average Bonchev–Trinajstić information content (AvgIpc) is 2.88. The Morgan fingerprint density at radius 2 is 2.15 bits per heavy atom. The number of benzene rings is 1. The van der Waals surface area contributed by atoms with Crippen LogP contribution in [0, 0.1) is 13.8 Å². The van der Waals surface area contributed by atoms with Crippen molar-refractivity contribution in [2.24, 2.45) is 0 Å². The highest BCUT2D eigenvalue weighted by atomic mass is 16.5. The lowest BCUT2D eigenvalue weighted by Crippen LogP contribution is -2.09. The van der Waals surface area contributed by atoms with E-state index in [9.17, 15) is 0 Å². The van der Waals surface area contributed by atoms with Crippen LogP contribution in [0.2, 0.25) is 0 Å². The number of aromatic nitrogens is 3. The molecule has 5 heteroatoms. The van der Waals surface area contributed by atoms with E-state index in [-0.39, 0.29) is 6.61 Å². The summed E-state index contributed by atoms with van der Waals surface area (Å²) in [6, 6.07) is 6.18. The highest BCUT2D eigenvalue weighted by Gasteiger charge is 2.02. The first-order valence-corrected chi connectivity index (χ1v) is 6.89. The Morgan fingerprint density at radius 1 is 1.30 bits per heavy atom. The summed E-state index contributed by atoms with van der Waals surface area (Å²) in [7, 11) is 0. The van der Waals surface area contributed by atoms with Gasteiger partial charge in [-0.25, -0.2) is 4.68 Å². The maximum Gasteiger partial charge on any atom is 0.122 e. The molecule has 0 atom stereocenters. The Balaban J connectivity index is 1.83. The van der Waals surface area contributed by atoms with E-state index in [1.54, 1.807) is 4.68 Å². The van der Waals surface area contributed by atoms with Gasteiger partial charge in [-0.2, -0.15) is 0 Å². The van der Waals surface area contributed by atoms with Crippen LogP contribution >= 0.6 is 0 Å². The number of nitrogens with zero attached hydrogens (tertiary/aromatic N) is 3. The summed E-state index contributed by atoms with van der Waals surface area (Å²) in [4.78, 5) is 0. The zero-order chi connectivity index (χ0) is 14.4. The molecule has 1 aromatic carbocycles. The van der Waals surface area contributed by atoms with Crippen molar-refractivity contribution in [2.45, 2.75) is 33.2 Å². The number of ether oxygens (including phenoxy) is 1. The molecule has 0 saturated heterocycles. The summed E-state index contributed by atoms with van der Waals surface area (Å²) >= 11 is 0. The fourth-order valence-corrected chi connectivity index (χ4v) is 1.93. The maximum atomic E-state index is 8.78. The zero-order valence-electron chi connectivity index (χ0n) is 12.0. The first kappa shape index (κ1) is 14.5. The Labute approximate surface area is 119 Å². The van der Waals surface area contributed by atoms with Crippen LogP contribution in [0.1, 0.15) is 23.2 Å². The van der Waals surface area contributed by atoms with E-state index in [0.29, 0.717) is 13.2 Å². The van der Waals surface area contributed by atoms with E-state index in [1.165, 1.54) is 5.56 Å². The normalized spacial score (nSPS) is 10.8. The second-order valence-corrected chi connectivity index (χ2v) is 4.92. The molecule has 0 aliphatic carbocycles. The highest BCUT2D eigenvalue weighted by molar-refractivity contribution is 5.35. The van der Waals surface area contributed by atoms with E-state index < -0.39 is 0 Å². The fourth-order valence-electron chi connectivity index (χ4n) is 1.93. The van der Waals surface area contributed by atoms with Crippen molar-refractivity contribution in [3.05, 3.63) is 41.2 Å². The monoisotopic (exact) mass is 275 g/mol. The highest BCUT2D eigenvalue weighted by Crippen LogP contribution is 2.18. The van der Waals surface area contributed by atoms with Gasteiger partial charge >= 0.3 is 0 Å². The van der Waals surface area contributed by atoms with Gasteiger partial charge in [0, 0.05) is 12.8 Å². The molecule has 0 unspecified atom stereocenters. The maximum absolute atomic E-state index is 8.78. The molecule has 2 aromatic rings. The van der Waals surface area contributed by atoms with Gasteiger partial charge in [-0.3, -0.25) is 0 Å². The summed E-state index contributed by atoms with van der Waals surface area (Å²) in [6.07, 6.45) is 3.38. The van der Waals surface area contributed by atoms with Crippen LogP contribution in [0.15, 0.2) is 24.4 Å². The molecule has 0 spiro atoms. The van der Waals surface area contributed by atoms with Crippen LogP contribution in [-0.4, -0.2) is 33.3 Å². The lowest BCUT2D eigenvalue weighted by molar-refractivity contribution is 0.287. The van der Waals surface area contributed by atoms with Crippen molar-refractivity contribution in [3.63, 3.8) is 0 Å². The molecule has 0 bridgehead atoms. The smallest absolute Gasteiger partial charge is 0.122 e. The largest absolute Gasteiger partial charge is 0.491 e. The third-order valence-corrected chi connectivity index (χ3v) is 3.10. The minimum atomic E-state index is 0.183. The molecule has 2 rings (SSSR count). The van der Waals surface area contributed by atoms with Gasteiger partial charge in [0.1, 0.15) is 12.4 Å². The number of hydrogen-bond donors (Lipinski definition) is 1. The lowest BCUT2D eigenvalue weighted by Gasteiger charge is -2.09. The molecule has 20 heavy (non-hydrogen) atoms. The number of aliphatic hydroxyl groups excluding tert-OH is 1. The Morgan fingerprint density at radius 3 is 2.95 bits per heavy atom. The second-order valence-electron chi connectivity index (χ2n) is 4.92. The van der Waals surface area contributed by atoms with Crippen molar-refractivity contribution in [1.82, 2.24) is 15.0 Å². The molecule has 1 N–H and O–H groups in total. The molecule has 5 nitrogen and oxygen atoms in total. The first-order valence-electron chi connectivity index (χ1n) is 6.89. The predicted molar refractivity (Wildman–Crippen MR) is 76.8 cm³/mol. The summed E-state index contributed by atoms with van der Waals surface area (Å²) in [5, 5.41) is 16.9. The zero-order valence-corrected chi connectivity index (χ0v) is 12.0. The summed E-state index contributed by atoms with van der Waals surface area (Å²) in [5.41, 5.74) is 3.24. The Bertz CT molecular complexity index is 552. The topological polar surface area (TPSA) is 60.2 Å². The van der Waals surface area contributed by atoms with Crippen molar-refractivity contribution < 1.29 is 9.84 Å². The Hall–Kier alpha value is -1.88. The molecule has 0 aliphatic rings. The van der Waals surface area contributed by atoms with Gasteiger partial charge in [0.2, 0.25) is 0 Å². The van der Waals surface area contributed by atoms with Gasteiger partial charge in [0.25, 0.3) is 0 Å². The molecule has 0 amide bonds. The average molecular weight is 275 g/mol. The summed E-state index contributed by atoms with van der Waals surface area (Å²) < 4.78 is 7.56. The van der Waals surface area contributed by atoms with E-state index in [1.807, 2.05) is 19.2 Å². The lowest BCUT2D eigenvalue weighted by atomic mass is 10.1. The van der Waals surface area contributed by atoms with E-state index >= 15 is 0 Å². The number of aliphatic hydroxyl groups is 1. The predicted octanol–water partition coefficient (Wildman–Crippen LogP) is 1.90. The minimum absolute atomic E-state index is 0.183. The molecule has 1 aromatic heterocycles. The van der Waals surface area contributed by atoms with Crippen molar-refractivity contribution in [2.75, 3.05) is 13.2 Å². The quantitative estimate of drug-likeness (QED) is 0.838. The number of hydrogen-bond acceptors (Lipinski definition) is 4. The Kier molecular flexibility index (Phi) is 5.12. The van der Waals surface area contributed by atoms with Gasteiger partial charge < -0.3 is 9.84 Å². The van der Waals surface area contributed by atoms with E-state index in [2.05, 4.69) is 29.4 Å². The van der Waals surface area contributed by atoms with Gasteiger partial charge in [-0.1, -0.05) is 17.3 Å². The van der Waals surface area contributed by atoms with Gasteiger partial charge in [0.15, 0.2) is 0 Å². The summed E-state index contributed by atoms with van der Waals surface area (Å²) in [5.74, 6) is 0.922. The van der Waals surface area contributed by atoms with Gasteiger partial charge in [-0.05, 0) is 43.9 Å². The third kappa shape index (κ3) is 4.06. The molecular weight excluding hydrogens is 254 g/mol. The van der Waals surface area contributed by atoms with Crippen LogP contribution in [0.25, 0.3) is 0 Å². The van der Waals surface area contributed by atoms with Crippen LogP contribution in [0.3, 0.4) is 0 Å². The fraction of sp³-hybridized carbons (Fsp3) is 0.467. The molecule has 108 valence electrons.